The summed E-state index contributed by atoms with van der Waals surface area (Å²) in [6.45, 7) is 1.75. The van der Waals surface area contributed by atoms with Gasteiger partial charge in [-0.15, -0.1) is 0 Å². The molecule has 1 aliphatic rings. The lowest BCUT2D eigenvalue weighted by molar-refractivity contribution is -0.138. The molecule has 1 unspecified atom stereocenters. The van der Waals surface area contributed by atoms with E-state index >= 15 is 0 Å². The number of benzene rings is 1. The summed E-state index contributed by atoms with van der Waals surface area (Å²) in [7, 11) is 0. The number of nitrogens with two attached hydrogens (primary N) is 1. The number of halogens is 3. The van der Waals surface area contributed by atoms with Gasteiger partial charge in [0.2, 0.25) is 5.91 Å². The van der Waals surface area contributed by atoms with Gasteiger partial charge >= 0.3 is 6.18 Å². The lowest BCUT2D eigenvalue weighted by Gasteiger charge is -2.19. The molecule has 1 atom stereocenters. The minimum Gasteiger partial charge on any atom is -0.320 e. The van der Waals surface area contributed by atoms with E-state index in [1.807, 2.05) is 0 Å². The molecule has 0 saturated carbocycles. The van der Waals surface area contributed by atoms with Gasteiger partial charge in [0.15, 0.2) is 0 Å². The summed E-state index contributed by atoms with van der Waals surface area (Å²) in [6.07, 6.45) is -3.95. The summed E-state index contributed by atoms with van der Waals surface area (Å²) in [5.74, 6) is -0.327. The van der Waals surface area contributed by atoms with Crippen LogP contribution in [-0.2, 0) is 11.0 Å². The maximum absolute atomic E-state index is 12.8. The van der Waals surface area contributed by atoms with Crippen molar-refractivity contribution < 1.29 is 18.0 Å². The minimum atomic E-state index is -4.41. The zero-order chi connectivity index (χ0) is 13.5. The Hall–Kier alpha value is -1.56. The van der Waals surface area contributed by atoms with Gasteiger partial charge in [-0.2, -0.15) is 13.2 Å². The predicted octanol–water partition coefficient (Wildman–Crippen LogP) is 2.08. The fourth-order valence-electron chi connectivity index (χ4n) is 2.04. The Kier molecular flexibility index (Phi) is 3.06. The van der Waals surface area contributed by atoms with Gasteiger partial charge in [0, 0.05) is 12.2 Å². The van der Waals surface area contributed by atoms with Crippen molar-refractivity contribution in [1.29, 1.82) is 0 Å². The summed E-state index contributed by atoms with van der Waals surface area (Å²) in [5.41, 5.74) is 5.23. The molecule has 0 radical (unpaired) electrons. The molecule has 1 amide bonds. The third-order valence-electron chi connectivity index (χ3n) is 3.09. The van der Waals surface area contributed by atoms with Gasteiger partial charge in [-0.05, 0) is 31.0 Å². The Labute approximate surface area is 102 Å². The van der Waals surface area contributed by atoms with E-state index in [9.17, 15) is 18.0 Å². The summed E-state index contributed by atoms with van der Waals surface area (Å²) in [6, 6.07) is 3.28. The van der Waals surface area contributed by atoms with E-state index in [1.165, 1.54) is 24.0 Å². The Balaban J connectivity index is 2.39. The summed E-state index contributed by atoms with van der Waals surface area (Å²) >= 11 is 0. The van der Waals surface area contributed by atoms with Crippen molar-refractivity contribution in [2.75, 3.05) is 11.4 Å². The fourth-order valence-corrected chi connectivity index (χ4v) is 2.04. The maximum atomic E-state index is 12.8. The minimum absolute atomic E-state index is 0.141. The van der Waals surface area contributed by atoms with Crippen LogP contribution in [0, 0.1) is 6.92 Å². The molecule has 0 aliphatic carbocycles. The molecule has 3 nitrogen and oxygen atoms in total. The van der Waals surface area contributed by atoms with Crippen molar-refractivity contribution in [3.8, 4) is 0 Å². The molecule has 1 aromatic carbocycles. The fraction of sp³-hybridized carbons (Fsp3) is 0.417. The molecule has 1 saturated heterocycles. The Morgan fingerprint density at radius 3 is 2.56 bits per heavy atom. The molecule has 1 aliphatic heterocycles. The van der Waals surface area contributed by atoms with Crippen molar-refractivity contribution in [1.82, 2.24) is 0 Å². The quantitative estimate of drug-likeness (QED) is 0.838. The van der Waals surface area contributed by atoms with Crippen molar-refractivity contribution in [3.05, 3.63) is 29.3 Å². The molecule has 0 spiro atoms. The number of rotatable bonds is 1. The molecule has 0 aromatic heterocycles. The van der Waals surface area contributed by atoms with Crippen molar-refractivity contribution in [2.24, 2.45) is 5.73 Å². The molecule has 18 heavy (non-hydrogen) atoms. The van der Waals surface area contributed by atoms with Gasteiger partial charge in [0.05, 0.1) is 11.6 Å². The molecule has 1 fully saturated rings. The molecule has 0 bridgehead atoms. The lowest BCUT2D eigenvalue weighted by atomic mass is 10.1. The van der Waals surface area contributed by atoms with E-state index in [0.717, 1.165) is 6.07 Å². The Morgan fingerprint density at radius 1 is 1.39 bits per heavy atom. The second-order valence-corrected chi connectivity index (χ2v) is 4.38. The lowest BCUT2D eigenvalue weighted by Crippen LogP contribution is -2.34. The number of carbonyl (C=O) groups excluding carboxylic acids is 1. The van der Waals surface area contributed by atoms with E-state index < -0.39 is 17.8 Å². The van der Waals surface area contributed by atoms with E-state index in [1.54, 1.807) is 0 Å². The molecule has 1 heterocycles. The van der Waals surface area contributed by atoms with Gasteiger partial charge in [0.25, 0.3) is 0 Å². The van der Waals surface area contributed by atoms with Crippen LogP contribution in [0.2, 0.25) is 0 Å². The zero-order valence-corrected chi connectivity index (χ0v) is 9.79. The van der Waals surface area contributed by atoms with E-state index in [2.05, 4.69) is 0 Å². The SMILES string of the molecule is Cc1ccc(N2CCC(N)C2=O)cc1C(F)(F)F. The highest BCUT2D eigenvalue weighted by Crippen LogP contribution is 2.35. The molecule has 98 valence electrons. The smallest absolute Gasteiger partial charge is 0.320 e. The number of alkyl halides is 3. The number of anilines is 1. The van der Waals surface area contributed by atoms with Crippen LogP contribution in [0.5, 0.6) is 0 Å². The maximum Gasteiger partial charge on any atom is 0.416 e. The third kappa shape index (κ3) is 2.20. The molecule has 2 N–H and O–H groups in total. The normalized spacial score (nSPS) is 20.6. The first-order valence-corrected chi connectivity index (χ1v) is 5.55. The second-order valence-electron chi connectivity index (χ2n) is 4.38. The van der Waals surface area contributed by atoms with Gasteiger partial charge in [-0.1, -0.05) is 6.07 Å². The van der Waals surface area contributed by atoms with E-state index in [0.29, 0.717) is 13.0 Å². The first-order valence-electron chi connectivity index (χ1n) is 5.55. The van der Waals surface area contributed by atoms with Gasteiger partial charge < -0.3 is 10.6 Å². The van der Waals surface area contributed by atoms with Crippen molar-refractivity contribution in [3.63, 3.8) is 0 Å². The number of hydrogen-bond donors (Lipinski definition) is 1. The number of carbonyl (C=O) groups is 1. The molecular weight excluding hydrogens is 245 g/mol. The molecular formula is C12H13F3N2O. The van der Waals surface area contributed by atoms with Crippen LogP contribution >= 0.6 is 0 Å². The number of amides is 1. The molecule has 2 rings (SSSR count). The molecule has 6 heteroatoms. The van der Waals surface area contributed by atoms with Crippen LogP contribution in [0.1, 0.15) is 17.5 Å². The van der Waals surface area contributed by atoms with Crippen LogP contribution in [0.25, 0.3) is 0 Å². The van der Waals surface area contributed by atoms with Gasteiger partial charge in [-0.3, -0.25) is 4.79 Å². The van der Waals surface area contributed by atoms with Crippen LogP contribution in [0.3, 0.4) is 0 Å². The van der Waals surface area contributed by atoms with Crippen molar-refractivity contribution in [2.45, 2.75) is 25.6 Å². The topological polar surface area (TPSA) is 46.3 Å². The Bertz CT molecular complexity index is 485. The average Bonchev–Trinajstić information content (AvgIpc) is 2.59. The van der Waals surface area contributed by atoms with Crippen LogP contribution < -0.4 is 10.6 Å². The number of hydrogen-bond acceptors (Lipinski definition) is 2. The highest BCUT2D eigenvalue weighted by molar-refractivity contribution is 5.99. The summed E-state index contributed by atoms with van der Waals surface area (Å²) < 4.78 is 38.3. The van der Waals surface area contributed by atoms with E-state index in [4.69, 9.17) is 5.73 Å². The zero-order valence-electron chi connectivity index (χ0n) is 9.79. The average molecular weight is 258 g/mol. The second kappa shape index (κ2) is 4.28. The Morgan fingerprint density at radius 2 is 2.06 bits per heavy atom. The van der Waals surface area contributed by atoms with E-state index in [-0.39, 0.29) is 17.2 Å². The monoisotopic (exact) mass is 258 g/mol. The summed E-state index contributed by atoms with van der Waals surface area (Å²) in [5, 5.41) is 0. The number of aryl methyl sites for hydroxylation is 1. The predicted molar refractivity (Wildman–Crippen MR) is 61.1 cm³/mol. The van der Waals surface area contributed by atoms with Crippen molar-refractivity contribution >= 4 is 11.6 Å². The molecule has 1 aromatic rings. The largest absolute Gasteiger partial charge is 0.416 e. The van der Waals surface area contributed by atoms with Gasteiger partial charge in [-0.25, -0.2) is 0 Å². The van der Waals surface area contributed by atoms with Crippen LogP contribution in [-0.4, -0.2) is 18.5 Å². The third-order valence-corrected chi connectivity index (χ3v) is 3.09. The van der Waals surface area contributed by atoms with Gasteiger partial charge in [0.1, 0.15) is 0 Å². The van der Waals surface area contributed by atoms with Crippen LogP contribution in [0.15, 0.2) is 18.2 Å². The first-order chi connectivity index (χ1) is 8.30. The number of nitrogens with zero attached hydrogens (tertiary/aromatic N) is 1. The highest BCUT2D eigenvalue weighted by atomic mass is 19.4. The first kappa shape index (κ1) is 12.9. The highest BCUT2D eigenvalue weighted by Gasteiger charge is 2.35. The standard InChI is InChI=1S/C12H13F3N2O/c1-7-2-3-8(6-9(7)12(13,14)15)17-5-4-10(16)11(17)18/h2-3,6,10H,4-5,16H2,1H3. The summed E-state index contributed by atoms with van der Waals surface area (Å²) in [4.78, 5) is 13.0. The van der Waals surface area contributed by atoms with Crippen LogP contribution in [0.4, 0.5) is 18.9 Å².